The van der Waals surface area contributed by atoms with Crippen LogP contribution in [-0.4, -0.2) is 42.7 Å². The third kappa shape index (κ3) is 4.05. The van der Waals surface area contributed by atoms with Crippen molar-refractivity contribution in [3.63, 3.8) is 0 Å². The number of benzene rings is 1. The van der Waals surface area contributed by atoms with Crippen molar-refractivity contribution in [2.75, 3.05) is 32.1 Å². The minimum absolute atomic E-state index is 0.418. The van der Waals surface area contributed by atoms with Crippen LogP contribution in [0.15, 0.2) is 48.7 Å². The molecule has 0 aliphatic carbocycles. The first kappa shape index (κ1) is 20.1. The van der Waals surface area contributed by atoms with E-state index in [0.717, 1.165) is 48.8 Å². The summed E-state index contributed by atoms with van der Waals surface area (Å²) < 4.78 is 5.54. The number of aromatic nitrogens is 1. The number of fused-ring (bicyclic) bond motifs is 2. The fourth-order valence-corrected chi connectivity index (χ4v) is 5.46. The van der Waals surface area contributed by atoms with Gasteiger partial charge in [0.15, 0.2) is 0 Å². The Balaban J connectivity index is 1.44. The van der Waals surface area contributed by atoms with E-state index in [4.69, 9.17) is 9.72 Å². The molecule has 0 spiro atoms. The number of nitrogens with zero attached hydrogens (tertiary/aromatic N) is 2. The number of methoxy groups -OCH3 is 1. The quantitative estimate of drug-likeness (QED) is 0.649. The van der Waals surface area contributed by atoms with Gasteiger partial charge in [-0.2, -0.15) is 0 Å². The second-order valence-electron chi connectivity index (χ2n) is 8.13. The number of hydrogen-bond donors (Lipinski definition) is 2. The summed E-state index contributed by atoms with van der Waals surface area (Å²) in [6.07, 6.45) is 6.06. The lowest BCUT2D eigenvalue weighted by Gasteiger charge is -2.36. The Labute approximate surface area is 187 Å². The smallest absolute Gasteiger partial charge is 0.122 e. The van der Waals surface area contributed by atoms with Crippen molar-refractivity contribution >= 4 is 28.2 Å². The molecule has 0 amide bonds. The van der Waals surface area contributed by atoms with Crippen LogP contribution in [0.25, 0.3) is 11.9 Å². The number of anilines is 1. The molecule has 6 heteroatoms. The number of aryl methyl sites for hydroxylation is 2. The predicted octanol–water partition coefficient (Wildman–Crippen LogP) is 2.69. The summed E-state index contributed by atoms with van der Waals surface area (Å²) in [6, 6.07) is 15.2. The minimum atomic E-state index is 0.418. The molecule has 2 aromatic heterocycles. The molecule has 1 atom stereocenters. The Kier molecular flexibility index (Phi) is 5.66. The number of nitrogens with one attached hydrogen (secondary N) is 2. The summed E-state index contributed by atoms with van der Waals surface area (Å²) in [7, 11) is 1.75. The molecule has 1 fully saturated rings. The van der Waals surface area contributed by atoms with E-state index in [1.54, 1.807) is 7.11 Å². The van der Waals surface area contributed by atoms with E-state index < -0.39 is 0 Å². The lowest BCUT2D eigenvalue weighted by Crippen LogP contribution is -2.51. The van der Waals surface area contributed by atoms with Gasteiger partial charge in [0, 0.05) is 53.7 Å². The van der Waals surface area contributed by atoms with Gasteiger partial charge in [0.05, 0.1) is 18.2 Å². The molecule has 2 N–H and O–H groups in total. The van der Waals surface area contributed by atoms with E-state index in [-0.39, 0.29) is 0 Å². The highest BCUT2D eigenvalue weighted by Gasteiger charge is 2.26. The number of ether oxygens (including phenoxy) is 1. The second kappa shape index (κ2) is 8.73. The Bertz CT molecular complexity index is 1200. The van der Waals surface area contributed by atoms with Crippen LogP contribution in [0.5, 0.6) is 5.75 Å². The summed E-state index contributed by atoms with van der Waals surface area (Å²) in [5, 5.41) is 10.7. The van der Waals surface area contributed by atoms with Gasteiger partial charge in [0.2, 0.25) is 0 Å². The topological polar surface area (TPSA) is 49.4 Å². The molecule has 0 saturated carbocycles. The minimum Gasteiger partial charge on any atom is -0.496 e. The molecule has 0 bridgehead atoms. The SMILES string of the molecule is COc1ccccc1CCC1CN(C2=c3ncccc3=CNc3sc(C)cc32)CCN1. The molecule has 160 valence electrons. The van der Waals surface area contributed by atoms with E-state index in [1.807, 2.05) is 35.7 Å². The molecule has 2 aliphatic heterocycles. The van der Waals surface area contributed by atoms with Gasteiger partial charge in [-0.1, -0.05) is 18.2 Å². The number of thiophene rings is 1. The van der Waals surface area contributed by atoms with Crippen LogP contribution in [0, 0.1) is 6.92 Å². The fourth-order valence-electron chi connectivity index (χ4n) is 4.58. The van der Waals surface area contributed by atoms with Gasteiger partial charge in [-0.05, 0) is 49.6 Å². The highest BCUT2D eigenvalue weighted by Crippen LogP contribution is 2.34. The van der Waals surface area contributed by atoms with Crippen molar-refractivity contribution in [3.05, 3.63) is 75.2 Å². The van der Waals surface area contributed by atoms with Crippen LogP contribution < -0.4 is 25.9 Å². The zero-order valence-electron chi connectivity index (χ0n) is 18.0. The van der Waals surface area contributed by atoms with E-state index in [1.165, 1.54) is 26.7 Å². The molecular formula is C25H28N4OS. The predicted molar refractivity (Wildman–Crippen MR) is 128 cm³/mol. The van der Waals surface area contributed by atoms with Crippen LogP contribution in [0.2, 0.25) is 0 Å². The van der Waals surface area contributed by atoms with Gasteiger partial charge in [-0.15, -0.1) is 11.3 Å². The normalized spacial score (nSPS) is 17.8. The van der Waals surface area contributed by atoms with Gasteiger partial charge in [0.1, 0.15) is 10.8 Å². The molecule has 1 unspecified atom stereocenters. The number of para-hydroxylation sites is 1. The Morgan fingerprint density at radius 1 is 1.23 bits per heavy atom. The van der Waals surface area contributed by atoms with E-state index in [0.29, 0.717) is 6.04 Å². The molecule has 31 heavy (non-hydrogen) atoms. The summed E-state index contributed by atoms with van der Waals surface area (Å²) in [5.74, 6) is 0.978. The van der Waals surface area contributed by atoms with Crippen LogP contribution >= 0.6 is 11.3 Å². The molecule has 5 rings (SSSR count). The van der Waals surface area contributed by atoms with Gasteiger partial charge < -0.3 is 20.3 Å². The Hall–Kier alpha value is -2.83. The Morgan fingerprint density at radius 3 is 3.03 bits per heavy atom. The van der Waals surface area contributed by atoms with E-state index >= 15 is 0 Å². The largest absolute Gasteiger partial charge is 0.496 e. The highest BCUT2D eigenvalue weighted by molar-refractivity contribution is 7.16. The maximum Gasteiger partial charge on any atom is 0.122 e. The van der Waals surface area contributed by atoms with Crippen LogP contribution in [-0.2, 0) is 6.42 Å². The first-order valence-corrected chi connectivity index (χ1v) is 11.7. The lowest BCUT2D eigenvalue weighted by molar-refractivity contribution is 0.268. The van der Waals surface area contributed by atoms with Crippen molar-refractivity contribution in [1.82, 2.24) is 15.2 Å². The fraction of sp³-hybridized carbons (Fsp3) is 0.320. The van der Waals surface area contributed by atoms with Crippen molar-refractivity contribution in [1.29, 1.82) is 0 Å². The number of piperazine rings is 1. The highest BCUT2D eigenvalue weighted by atomic mass is 32.1. The molecule has 1 aromatic carbocycles. The first-order chi connectivity index (χ1) is 15.2. The number of rotatable bonds is 5. The molecule has 5 nitrogen and oxygen atoms in total. The Morgan fingerprint density at radius 2 is 2.13 bits per heavy atom. The summed E-state index contributed by atoms with van der Waals surface area (Å²) in [6.45, 7) is 5.09. The third-order valence-electron chi connectivity index (χ3n) is 6.06. The zero-order chi connectivity index (χ0) is 21.2. The summed E-state index contributed by atoms with van der Waals surface area (Å²) >= 11 is 1.81. The van der Waals surface area contributed by atoms with Crippen molar-refractivity contribution in [2.24, 2.45) is 0 Å². The van der Waals surface area contributed by atoms with Gasteiger partial charge in [-0.25, -0.2) is 0 Å². The van der Waals surface area contributed by atoms with Gasteiger partial charge in [-0.3, -0.25) is 4.98 Å². The van der Waals surface area contributed by atoms with Crippen LogP contribution in [0.1, 0.15) is 22.4 Å². The van der Waals surface area contributed by atoms with Crippen molar-refractivity contribution < 1.29 is 4.74 Å². The summed E-state index contributed by atoms with van der Waals surface area (Å²) in [4.78, 5) is 8.64. The van der Waals surface area contributed by atoms with Crippen molar-refractivity contribution in [3.8, 4) is 5.75 Å². The average Bonchev–Trinajstić information content (AvgIpc) is 3.10. The maximum atomic E-state index is 5.54. The molecule has 3 aromatic rings. The van der Waals surface area contributed by atoms with E-state index in [9.17, 15) is 0 Å². The standard InChI is InChI=1S/C25H28N4OS/c1-17-14-21-24(23-19(7-5-11-27-23)15-28-25(21)31-17)29-13-12-26-20(16-29)10-9-18-6-3-4-8-22(18)30-2/h3-8,11,14-15,20,26,28H,9-10,12-13,16H2,1-2H3. The summed E-state index contributed by atoms with van der Waals surface area (Å²) in [5.41, 5.74) is 3.79. The lowest BCUT2D eigenvalue weighted by atomic mass is 10.0. The average molecular weight is 433 g/mol. The van der Waals surface area contributed by atoms with Crippen LogP contribution in [0.3, 0.4) is 0 Å². The van der Waals surface area contributed by atoms with E-state index in [2.05, 4.69) is 52.9 Å². The van der Waals surface area contributed by atoms with Crippen LogP contribution in [0.4, 0.5) is 5.00 Å². The molecule has 2 aliphatic rings. The third-order valence-corrected chi connectivity index (χ3v) is 7.04. The molecule has 0 radical (unpaired) electrons. The number of pyridine rings is 1. The van der Waals surface area contributed by atoms with Gasteiger partial charge >= 0.3 is 0 Å². The second-order valence-corrected chi connectivity index (χ2v) is 9.38. The molecular weight excluding hydrogens is 404 g/mol. The molecule has 1 saturated heterocycles. The zero-order valence-corrected chi connectivity index (χ0v) is 18.8. The van der Waals surface area contributed by atoms with Gasteiger partial charge in [0.25, 0.3) is 0 Å². The molecule has 4 heterocycles. The first-order valence-electron chi connectivity index (χ1n) is 10.9. The number of hydrogen-bond acceptors (Lipinski definition) is 6. The monoisotopic (exact) mass is 432 g/mol. The maximum absolute atomic E-state index is 5.54. The van der Waals surface area contributed by atoms with Crippen molar-refractivity contribution in [2.45, 2.75) is 25.8 Å².